The van der Waals surface area contributed by atoms with Crippen molar-refractivity contribution in [1.29, 1.82) is 0 Å². The first-order valence-corrected chi connectivity index (χ1v) is 8.13. The molecule has 112 valence electrons. The fourth-order valence-corrected chi connectivity index (χ4v) is 3.02. The number of rotatable bonds is 6. The Morgan fingerprint density at radius 2 is 1.90 bits per heavy atom. The molecular formula is C18H27FO. The Balaban J connectivity index is 1.91. The molecule has 20 heavy (non-hydrogen) atoms. The lowest BCUT2D eigenvalue weighted by molar-refractivity contribution is 0.290. The summed E-state index contributed by atoms with van der Waals surface area (Å²) in [4.78, 5) is 0. The average molecular weight is 278 g/mol. The van der Waals surface area contributed by atoms with E-state index in [0.717, 1.165) is 30.7 Å². The van der Waals surface area contributed by atoms with Gasteiger partial charge in [-0.05, 0) is 48.8 Å². The summed E-state index contributed by atoms with van der Waals surface area (Å²) < 4.78 is 19.6. The van der Waals surface area contributed by atoms with Crippen LogP contribution in [0.4, 0.5) is 4.39 Å². The van der Waals surface area contributed by atoms with Gasteiger partial charge in [-0.1, -0.05) is 45.6 Å². The maximum atomic E-state index is 14.1. The molecule has 1 aliphatic rings. The van der Waals surface area contributed by atoms with E-state index in [1.165, 1.54) is 25.7 Å². The fraction of sp³-hybridized carbons (Fsp3) is 0.667. The highest BCUT2D eigenvalue weighted by atomic mass is 19.1. The molecule has 1 nitrogen and oxygen atoms in total. The van der Waals surface area contributed by atoms with Gasteiger partial charge in [0.1, 0.15) is 0 Å². The van der Waals surface area contributed by atoms with Gasteiger partial charge in [-0.15, -0.1) is 0 Å². The van der Waals surface area contributed by atoms with E-state index in [2.05, 4.69) is 19.9 Å². The molecule has 0 aliphatic heterocycles. The van der Waals surface area contributed by atoms with E-state index >= 15 is 0 Å². The molecule has 0 radical (unpaired) electrons. The highest BCUT2D eigenvalue weighted by Gasteiger charge is 2.20. The van der Waals surface area contributed by atoms with Gasteiger partial charge in [0.05, 0.1) is 6.61 Å². The molecule has 1 saturated carbocycles. The standard InChI is InChI=1S/C18H27FO/c1-3-4-5-12-20-18-11-10-16(13-17(18)19)15-8-6-14(2)7-9-15/h10-11,13-15H,3-9,12H2,1-2H3. The summed E-state index contributed by atoms with van der Waals surface area (Å²) in [5.74, 6) is 1.58. The Morgan fingerprint density at radius 1 is 1.15 bits per heavy atom. The summed E-state index contributed by atoms with van der Waals surface area (Å²) in [6, 6.07) is 5.56. The second kappa shape index (κ2) is 7.66. The Bertz CT molecular complexity index is 408. The lowest BCUT2D eigenvalue weighted by Crippen LogP contribution is -2.11. The van der Waals surface area contributed by atoms with E-state index in [1.54, 1.807) is 6.07 Å². The molecule has 0 unspecified atom stereocenters. The van der Waals surface area contributed by atoms with E-state index in [9.17, 15) is 4.39 Å². The van der Waals surface area contributed by atoms with E-state index in [-0.39, 0.29) is 5.82 Å². The fourth-order valence-electron chi connectivity index (χ4n) is 3.02. The monoisotopic (exact) mass is 278 g/mol. The van der Waals surface area contributed by atoms with Gasteiger partial charge in [-0.3, -0.25) is 0 Å². The first kappa shape index (κ1) is 15.3. The second-order valence-electron chi connectivity index (χ2n) is 6.20. The molecule has 2 heteroatoms. The van der Waals surface area contributed by atoms with Crippen LogP contribution in [0.15, 0.2) is 18.2 Å². The van der Waals surface area contributed by atoms with Gasteiger partial charge in [-0.25, -0.2) is 4.39 Å². The summed E-state index contributed by atoms with van der Waals surface area (Å²) in [7, 11) is 0. The van der Waals surface area contributed by atoms with Crippen LogP contribution < -0.4 is 4.74 Å². The van der Waals surface area contributed by atoms with Crippen molar-refractivity contribution < 1.29 is 9.13 Å². The largest absolute Gasteiger partial charge is 0.491 e. The van der Waals surface area contributed by atoms with E-state index in [0.29, 0.717) is 18.3 Å². The van der Waals surface area contributed by atoms with Crippen molar-refractivity contribution in [2.75, 3.05) is 6.61 Å². The van der Waals surface area contributed by atoms with Gasteiger partial charge < -0.3 is 4.74 Å². The van der Waals surface area contributed by atoms with Crippen molar-refractivity contribution >= 4 is 0 Å². The Morgan fingerprint density at radius 3 is 2.55 bits per heavy atom. The number of ether oxygens (including phenoxy) is 1. The van der Waals surface area contributed by atoms with Crippen LogP contribution in [0.25, 0.3) is 0 Å². The number of hydrogen-bond acceptors (Lipinski definition) is 1. The Hall–Kier alpha value is -1.05. The zero-order valence-electron chi connectivity index (χ0n) is 12.8. The molecule has 0 N–H and O–H groups in total. The van der Waals surface area contributed by atoms with Crippen LogP contribution in [0.3, 0.4) is 0 Å². The third-order valence-electron chi connectivity index (χ3n) is 4.45. The molecule has 1 aromatic rings. The quantitative estimate of drug-likeness (QED) is 0.607. The first-order chi connectivity index (χ1) is 9.70. The molecule has 0 aromatic heterocycles. The van der Waals surface area contributed by atoms with Crippen LogP contribution in [0.2, 0.25) is 0 Å². The minimum atomic E-state index is -0.197. The Labute approximate surface area is 122 Å². The molecule has 1 aromatic carbocycles. The smallest absolute Gasteiger partial charge is 0.165 e. The van der Waals surface area contributed by atoms with Gasteiger partial charge >= 0.3 is 0 Å². The number of hydrogen-bond donors (Lipinski definition) is 0. The molecule has 0 atom stereocenters. The summed E-state index contributed by atoms with van der Waals surface area (Å²) in [6.45, 7) is 5.08. The van der Waals surface area contributed by atoms with Crippen molar-refractivity contribution in [3.63, 3.8) is 0 Å². The van der Waals surface area contributed by atoms with Crippen LogP contribution in [0.5, 0.6) is 5.75 Å². The number of unbranched alkanes of at least 4 members (excludes halogenated alkanes) is 2. The number of benzene rings is 1. The summed E-state index contributed by atoms with van der Waals surface area (Å²) in [5.41, 5.74) is 1.15. The van der Waals surface area contributed by atoms with E-state index in [4.69, 9.17) is 4.74 Å². The van der Waals surface area contributed by atoms with Crippen LogP contribution in [0, 0.1) is 11.7 Å². The van der Waals surface area contributed by atoms with Crippen molar-refractivity contribution in [2.45, 2.75) is 64.7 Å². The lowest BCUT2D eigenvalue weighted by Gasteiger charge is -2.26. The summed E-state index contributed by atoms with van der Waals surface area (Å²) in [5, 5.41) is 0. The zero-order chi connectivity index (χ0) is 14.4. The van der Waals surface area contributed by atoms with E-state index in [1.807, 2.05) is 6.07 Å². The van der Waals surface area contributed by atoms with Gasteiger partial charge in [0.15, 0.2) is 11.6 Å². The van der Waals surface area contributed by atoms with Crippen LogP contribution in [0.1, 0.15) is 70.3 Å². The third-order valence-corrected chi connectivity index (χ3v) is 4.45. The normalized spacial score (nSPS) is 22.8. The van der Waals surface area contributed by atoms with Gasteiger partial charge in [0.25, 0.3) is 0 Å². The number of halogens is 1. The van der Waals surface area contributed by atoms with Crippen LogP contribution in [-0.4, -0.2) is 6.61 Å². The van der Waals surface area contributed by atoms with Gasteiger partial charge in [0, 0.05) is 0 Å². The molecule has 0 heterocycles. The summed E-state index contributed by atoms with van der Waals surface area (Å²) in [6.07, 6.45) is 8.21. The SMILES string of the molecule is CCCCCOc1ccc(C2CCC(C)CC2)cc1F. The van der Waals surface area contributed by atoms with Crippen molar-refractivity contribution in [2.24, 2.45) is 5.92 Å². The highest BCUT2D eigenvalue weighted by Crippen LogP contribution is 2.36. The van der Waals surface area contributed by atoms with Gasteiger partial charge in [0.2, 0.25) is 0 Å². The maximum Gasteiger partial charge on any atom is 0.165 e. The van der Waals surface area contributed by atoms with Crippen molar-refractivity contribution in [1.82, 2.24) is 0 Å². The van der Waals surface area contributed by atoms with Crippen molar-refractivity contribution in [3.8, 4) is 5.75 Å². The van der Waals surface area contributed by atoms with Crippen molar-refractivity contribution in [3.05, 3.63) is 29.6 Å². The minimum Gasteiger partial charge on any atom is -0.491 e. The van der Waals surface area contributed by atoms with Crippen LogP contribution in [-0.2, 0) is 0 Å². The lowest BCUT2D eigenvalue weighted by atomic mass is 9.79. The molecule has 1 aliphatic carbocycles. The molecule has 2 rings (SSSR count). The van der Waals surface area contributed by atoms with Crippen LogP contribution >= 0.6 is 0 Å². The second-order valence-corrected chi connectivity index (χ2v) is 6.20. The highest BCUT2D eigenvalue weighted by molar-refractivity contribution is 5.31. The topological polar surface area (TPSA) is 9.23 Å². The maximum absolute atomic E-state index is 14.1. The summed E-state index contributed by atoms with van der Waals surface area (Å²) >= 11 is 0. The molecule has 0 saturated heterocycles. The predicted octanol–water partition coefficient (Wildman–Crippen LogP) is 5.69. The zero-order valence-corrected chi connectivity index (χ0v) is 12.8. The molecule has 0 spiro atoms. The Kier molecular flexibility index (Phi) is 5.87. The average Bonchev–Trinajstić information content (AvgIpc) is 2.46. The van der Waals surface area contributed by atoms with Gasteiger partial charge in [-0.2, -0.15) is 0 Å². The molecule has 0 amide bonds. The molecule has 1 fully saturated rings. The third kappa shape index (κ3) is 4.22. The predicted molar refractivity (Wildman–Crippen MR) is 81.8 cm³/mol. The minimum absolute atomic E-state index is 0.197. The molecular weight excluding hydrogens is 251 g/mol. The first-order valence-electron chi connectivity index (χ1n) is 8.13. The van der Waals surface area contributed by atoms with E-state index < -0.39 is 0 Å². The molecule has 0 bridgehead atoms.